The van der Waals surface area contributed by atoms with E-state index in [0.29, 0.717) is 18.4 Å². The second kappa shape index (κ2) is 9.39. The quantitative estimate of drug-likeness (QED) is 0.795. The molecule has 0 spiro atoms. The molecule has 1 amide bonds. The second-order valence-corrected chi connectivity index (χ2v) is 6.39. The number of anilines is 1. The number of amides is 1. The van der Waals surface area contributed by atoms with E-state index < -0.39 is 5.97 Å². The molecule has 1 aliphatic rings. The van der Waals surface area contributed by atoms with E-state index in [9.17, 15) is 14.4 Å². The molecular weight excluding hydrogens is 362 g/mol. The normalized spacial score (nSPS) is 11.4. The van der Waals surface area contributed by atoms with Crippen molar-refractivity contribution >= 4 is 29.5 Å². The maximum Gasteiger partial charge on any atom is 0.373 e. The van der Waals surface area contributed by atoms with Gasteiger partial charge in [0.05, 0.1) is 19.1 Å². The summed E-state index contributed by atoms with van der Waals surface area (Å²) in [5, 5.41) is 2.78. The van der Waals surface area contributed by atoms with Gasteiger partial charge in [-0.15, -0.1) is 0 Å². The lowest BCUT2D eigenvalue weighted by Crippen LogP contribution is -2.09. The molecule has 0 aliphatic carbocycles. The zero-order valence-electron chi connectivity index (χ0n) is 15.5. The first-order valence-electron chi connectivity index (χ1n) is 8.47. The molecule has 0 saturated carbocycles. The number of carbonyl (C=O) groups is 3. The summed E-state index contributed by atoms with van der Waals surface area (Å²) in [5.41, 5.74) is 4.80. The topological polar surface area (TPSA) is 107 Å². The molecule has 0 aromatic heterocycles. The Morgan fingerprint density at radius 1 is 1.07 bits per heavy atom. The van der Waals surface area contributed by atoms with E-state index in [4.69, 9.17) is 14.3 Å². The van der Waals surface area contributed by atoms with Crippen LogP contribution in [-0.4, -0.2) is 30.9 Å². The Hall–Kier alpha value is -3.57. The molecule has 144 valence electrons. The third kappa shape index (κ3) is 5.46. The molecule has 0 fully saturated rings. The van der Waals surface area contributed by atoms with Crippen molar-refractivity contribution < 1.29 is 28.7 Å². The van der Waals surface area contributed by atoms with E-state index in [2.05, 4.69) is 5.32 Å². The Labute approximate surface area is 161 Å². The Morgan fingerprint density at radius 2 is 1.75 bits per heavy atom. The highest BCUT2D eigenvalue weighted by Crippen LogP contribution is 2.24. The molecule has 0 radical (unpaired) electrons. The summed E-state index contributed by atoms with van der Waals surface area (Å²) < 4.78 is 4.74. The third-order valence-corrected chi connectivity index (χ3v) is 4.16. The fourth-order valence-corrected chi connectivity index (χ4v) is 3.11. The highest BCUT2D eigenvalue weighted by molar-refractivity contribution is 5.99. The van der Waals surface area contributed by atoms with Crippen LogP contribution in [0.25, 0.3) is 0 Å². The number of aryl methyl sites for hydroxylation is 1. The molecule has 0 atom stereocenters. The largest absolute Gasteiger partial charge is 0.465 e. The molecule has 28 heavy (non-hydrogen) atoms. The molecule has 1 N–H and O–H groups in total. The van der Waals surface area contributed by atoms with Crippen LogP contribution in [0.2, 0.25) is 0 Å². The lowest BCUT2D eigenvalue weighted by atomic mass is 9.98. The van der Waals surface area contributed by atoms with Gasteiger partial charge >= 0.3 is 12.1 Å². The monoisotopic (exact) mass is 381 g/mol. The Balaban J connectivity index is 0.000000878. The maximum absolute atomic E-state index is 12.4. The lowest BCUT2D eigenvalue weighted by molar-refractivity contribution is -0.191. The molecule has 0 unspecified atom stereocenters. The van der Waals surface area contributed by atoms with Crippen molar-refractivity contribution in [3.05, 3.63) is 64.2 Å². The van der Waals surface area contributed by atoms with Gasteiger partial charge in [-0.05, 0) is 47.4 Å². The Bertz CT molecular complexity index is 957. The number of ether oxygens (including phenoxy) is 1. The average Bonchev–Trinajstić information content (AvgIpc) is 3.00. The summed E-state index contributed by atoms with van der Waals surface area (Å²) in [4.78, 5) is 51.8. The first-order valence-corrected chi connectivity index (χ1v) is 8.47. The molecule has 0 saturated heterocycles. The van der Waals surface area contributed by atoms with Gasteiger partial charge in [0.15, 0.2) is 0 Å². The predicted octanol–water partition coefficient (Wildman–Crippen LogP) is 2.05. The summed E-state index contributed by atoms with van der Waals surface area (Å²) in [6, 6.07) is 10.9. The molecule has 3 rings (SSSR count). The van der Waals surface area contributed by atoms with Crippen LogP contribution >= 0.6 is 0 Å². The van der Waals surface area contributed by atoms with Gasteiger partial charge in [-0.1, -0.05) is 18.2 Å². The lowest BCUT2D eigenvalue weighted by Gasteiger charge is -2.07. The van der Waals surface area contributed by atoms with Crippen molar-refractivity contribution in [1.82, 2.24) is 0 Å². The first kappa shape index (κ1) is 20.7. The van der Waals surface area contributed by atoms with Crippen molar-refractivity contribution in [2.45, 2.75) is 26.2 Å². The van der Waals surface area contributed by atoms with Crippen molar-refractivity contribution in [3.63, 3.8) is 0 Å². The average molecular weight is 381 g/mol. The van der Waals surface area contributed by atoms with Gasteiger partial charge in [-0.3, -0.25) is 9.59 Å². The standard InChI is InChI=1S/C20H19NO4.CO2/c1-12-5-14(8-16(6-12)20(24)25-2)10-17(22)9-13-3-4-18-15(7-13)11-19(23)21-18;2-1-3/h3-8H,9-11H2,1-2H3,(H,21,23);. The number of ketones is 1. The zero-order valence-corrected chi connectivity index (χ0v) is 15.5. The number of carbonyl (C=O) groups excluding carboxylic acids is 5. The number of hydrogen-bond acceptors (Lipinski definition) is 6. The maximum atomic E-state index is 12.4. The van der Waals surface area contributed by atoms with Crippen LogP contribution < -0.4 is 5.32 Å². The Kier molecular flexibility index (Phi) is 6.96. The number of Topliss-reactive ketones (excluding diaryl/α,β-unsaturated/α-hetero) is 1. The number of rotatable bonds is 5. The number of benzene rings is 2. The van der Waals surface area contributed by atoms with Crippen molar-refractivity contribution in [3.8, 4) is 0 Å². The number of hydrogen-bond donors (Lipinski definition) is 1. The number of methoxy groups -OCH3 is 1. The van der Waals surface area contributed by atoms with Crippen LogP contribution in [0.15, 0.2) is 36.4 Å². The molecule has 2 aromatic carbocycles. The van der Waals surface area contributed by atoms with Gasteiger partial charge in [-0.2, -0.15) is 9.59 Å². The minimum Gasteiger partial charge on any atom is -0.465 e. The van der Waals surface area contributed by atoms with E-state index in [1.807, 2.05) is 31.2 Å². The minimum atomic E-state index is -0.409. The van der Waals surface area contributed by atoms with Crippen LogP contribution in [0, 0.1) is 6.92 Å². The molecule has 0 bridgehead atoms. The van der Waals surface area contributed by atoms with Crippen molar-refractivity contribution in [1.29, 1.82) is 0 Å². The van der Waals surface area contributed by atoms with E-state index in [1.54, 1.807) is 12.1 Å². The molecule has 1 aliphatic heterocycles. The van der Waals surface area contributed by atoms with E-state index in [-0.39, 0.29) is 24.3 Å². The molecule has 1 heterocycles. The SMILES string of the molecule is COC(=O)c1cc(C)cc(CC(=O)Cc2ccc3c(c2)CC(=O)N3)c1.O=C=O. The van der Waals surface area contributed by atoms with Crippen LogP contribution in [0.1, 0.15) is 32.6 Å². The van der Waals surface area contributed by atoms with E-state index in [1.165, 1.54) is 7.11 Å². The second-order valence-electron chi connectivity index (χ2n) is 6.39. The highest BCUT2D eigenvalue weighted by Gasteiger charge is 2.18. The summed E-state index contributed by atoms with van der Waals surface area (Å²) >= 11 is 0. The molecule has 2 aromatic rings. The molecular formula is C21H19NO6. The highest BCUT2D eigenvalue weighted by atomic mass is 16.5. The number of fused-ring (bicyclic) bond motifs is 1. The summed E-state index contributed by atoms with van der Waals surface area (Å²) in [6.45, 7) is 1.88. The minimum absolute atomic E-state index is 0.0198. The van der Waals surface area contributed by atoms with E-state index >= 15 is 0 Å². The number of esters is 1. The van der Waals surface area contributed by atoms with Crippen LogP contribution in [0.5, 0.6) is 0 Å². The van der Waals surface area contributed by atoms with Crippen LogP contribution in [0.4, 0.5) is 5.69 Å². The summed E-state index contributed by atoms with van der Waals surface area (Å²) in [7, 11) is 1.34. The molecule has 7 heteroatoms. The first-order chi connectivity index (χ1) is 13.4. The van der Waals surface area contributed by atoms with Crippen molar-refractivity contribution in [2.24, 2.45) is 0 Å². The predicted molar refractivity (Wildman–Crippen MR) is 98.7 cm³/mol. The summed E-state index contributed by atoms with van der Waals surface area (Å²) in [6.07, 6.45) is 1.15. The smallest absolute Gasteiger partial charge is 0.373 e. The van der Waals surface area contributed by atoms with Gasteiger partial charge in [0.25, 0.3) is 0 Å². The fourth-order valence-electron chi connectivity index (χ4n) is 3.11. The van der Waals surface area contributed by atoms with Crippen molar-refractivity contribution in [2.75, 3.05) is 12.4 Å². The van der Waals surface area contributed by atoms with Gasteiger partial charge in [0, 0.05) is 18.5 Å². The van der Waals surface area contributed by atoms with Crippen LogP contribution in [0.3, 0.4) is 0 Å². The van der Waals surface area contributed by atoms with Gasteiger partial charge in [0.1, 0.15) is 5.78 Å². The summed E-state index contributed by atoms with van der Waals surface area (Å²) in [5.74, 6) is -0.375. The Morgan fingerprint density at radius 3 is 2.43 bits per heavy atom. The zero-order chi connectivity index (χ0) is 20.7. The van der Waals surface area contributed by atoms with E-state index in [0.717, 1.165) is 27.9 Å². The molecule has 7 nitrogen and oxygen atoms in total. The third-order valence-electron chi connectivity index (χ3n) is 4.16. The van der Waals surface area contributed by atoms with Crippen LogP contribution in [-0.2, 0) is 43.2 Å². The van der Waals surface area contributed by atoms with Gasteiger partial charge < -0.3 is 10.1 Å². The number of nitrogens with one attached hydrogen (secondary N) is 1. The van der Waals surface area contributed by atoms with Gasteiger partial charge in [-0.25, -0.2) is 4.79 Å². The van der Waals surface area contributed by atoms with Gasteiger partial charge in [0.2, 0.25) is 5.91 Å². The fraction of sp³-hybridized carbons (Fsp3) is 0.238.